The molecule has 4 bridgehead atoms. The summed E-state index contributed by atoms with van der Waals surface area (Å²) < 4.78 is 12.1. The van der Waals surface area contributed by atoms with Crippen LogP contribution in [0.15, 0.2) is 10.7 Å². The minimum Gasteiger partial charge on any atom is -0.477 e. The Labute approximate surface area is 163 Å². The van der Waals surface area contributed by atoms with Crippen molar-refractivity contribution in [3.05, 3.63) is 10.7 Å². The van der Waals surface area contributed by atoms with Gasteiger partial charge >= 0.3 is 5.97 Å². The van der Waals surface area contributed by atoms with Gasteiger partial charge in [-0.3, -0.25) is 0 Å². The molecule has 7 atom stereocenters. The lowest BCUT2D eigenvalue weighted by atomic mass is 9.60. The van der Waals surface area contributed by atoms with Crippen molar-refractivity contribution in [2.45, 2.75) is 81.7 Å². The minimum absolute atomic E-state index is 0.209. The third-order valence-electron chi connectivity index (χ3n) is 7.54. The van der Waals surface area contributed by atoms with Gasteiger partial charge in [0.1, 0.15) is 28.1 Å². The molecule has 7 unspecified atom stereocenters. The Morgan fingerprint density at radius 3 is 2.44 bits per heavy atom. The quantitative estimate of drug-likeness (QED) is 0.660. The predicted molar refractivity (Wildman–Crippen MR) is 98.7 cm³/mol. The molecule has 27 heavy (non-hydrogen) atoms. The van der Waals surface area contributed by atoms with Crippen LogP contribution in [0.2, 0.25) is 0 Å². The van der Waals surface area contributed by atoms with Gasteiger partial charge in [-0.1, -0.05) is 0 Å². The van der Waals surface area contributed by atoms with Crippen LogP contribution in [0, 0.1) is 23.2 Å². The van der Waals surface area contributed by atoms with E-state index in [0.29, 0.717) is 17.6 Å². The molecule has 0 aromatic rings. The van der Waals surface area contributed by atoms with Gasteiger partial charge in [-0.2, -0.15) is 0 Å². The van der Waals surface area contributed by atoms with Crippen molar-refractivity contribution < 1.29 is 29.6 Å². The van der Waals surface area contributed by atoms with Gasteiger partial charge in [0.15, 0.2) is 0 Å². The number of carbonyl (C=O) groups is 1. The van der Waals surface area contributed by atoms with E-state index in [2.05, 4.69) is 0 Å². The predicted octanol–water partition coefficient (Wildman–Crippen LogP) is 2.49. The first-order valence-electron chi connectivity index (χ1n) is 10.2. The molecule has 0 spiro atoms. The van der Waals surface area contributed by atoms with E-state index in [1.807, 2.05) is 0 Å². The van der Waals surface area contributed by atoms with Crippen LogP contribution in [0.5, 0.6) is 0 Å². The molecule has 2 heterocycles. The zero-order valence-corrected chi connectivity index (χ0v) is 16.4. The number of thioether (sulfide) groups is 1. The van der Waals surface area contributed by atoms with Crippen molar-refractivity contribution in [1.82, 2.24) is 0 Å². The van der Waals surface area contributed by atoms with Crippen molar-refractivity contribution in [2.75, 3.05) is 0 Å². The van der Waals surface area contributed by atoms with Crippen LogP contribution < -0.4 is 0 Å². The summed E-state index contributed by atoms with van der Waals surface area (Å²) in [6.45, 7) is 1.71. The lowest BCUT2D eigenvalue weighted by Crippen LogP contribution is -2.57. The molecule has 3 N–H and O–H groups in total. The molecule has 7 heteroatoms. The molecular weight excluding hydrogens is 368 g/mol. The summed E-state index contributed by atoms with van der Waals surface area (Å²) in [4.78, 5) is 12.3. The molecule has 2 aliphatic heterocycles. The van der Waals surface area contributed by atoms with Gasteiger partial charge in [0.05, 0.1) is 6.10 Å². The second kappa shape index (κ2) is 6.37. The van der Waals surface area contributed by atoms with Gasteiger partial charge in [0.25, 0.3) is 0 Å². The van der Waals surface area contributed by atoms with Crippen molar-refractivity contribution in [1.29, 1.82) is 0 Å². The van der Waals surface area contributed by atoms with E-state index in [-0.39, 0.29) is 10.3 Å². The van der Waals surface area contributed by atoms with Gasteiger partial charge in [-0.05, 0) is 69.6 Å². The molecule has 0 radical (unpaired) electrons. The highest BCUT2D eigenvalue weighted by Gasteiger charge is 2.56. The maximum Gasteiger partial charge on any atom is 0.345 e. The number of carboxylic acids is 1. The first-order chi connectivity index (χ1) is 12.9. The van der Waals surface area contributed by atoms with Gasteiger partial charge in [0.2, 0.25) is 6.29 Å². The third-order valence-corrected chi connectivity index (χ3v) is 8.91. The number of hydrogen-bond donors (Lipinski definition) is 3. The highest BCUT2D eigenvalue weighted by molar-refractivity contribution is 8.04. The van der Waals surface area contributed by atoms with Crippen LogP contribution in [0.25, 0.3) is 0 Å². The molecule has 0 amide bonds. The van der Waals surface area contributed by atoms with E-state index >= 15 is 0 Å². The van der Waals surface area contributed by atoms with E-state index in [1.165, 1.54) is 19.3 Å². The summed E-state index contributed by atoms with van der Waals surface area (Å²) in [5.41, 5.74) is -0.210. The number of aliphatic hydroxyl groups excluding tert-OH is 2. The molecule has 5 fully saturated rings. The van der Waals surface area contributed by atoms with Crippen molar-refractivity contribution in [2.24, 2.45) is 23.2 Å². The van der Waals surface area contributed by atoms with Crippen LogP contribution in [-0.2, 0) is 14.3 Å². The maximum atomic E-state index is 12.1. The highest BCUT2D eigenvalue weighted by Crippen LogP contribution is 2.62. The molecule has 6 nitrogen and oxygen atoms in total. The molecule has 0 aromatic carbocycles. The first-order valence-corrected chi connectivity index (χ1v) is 11.1. The average molecular weight is 397 g/mol. The standard InChI is InChI=1S/C20H28O6S/c1-9-13(21)14(22)15-19(25-9)26-17(16(27-15)18(23)24)20-3-2-10-4-11(7-20)6-12(5-10)8-20/h9-15,19,21-22H,2-8H2,1H3,(H,23,24). The number of rotatable bonds is 2. The third kappa shape index (κ3) is 2.84. The normalized spacial score (nSPS) is 51.5. The Bertz CT molecular complexity index is 663. The second-order valence-electron chi connectivity index (χ2n) is 9.39. The lowest BCUT2D eigenvalue weighted by molar-refractivity contribution is -0.237. The minimum atomic E-state index is -1.07. The lowest BCUT2D eigenvalue weighted by Gasteiger charge is -2.50. The van der Waals surface area contributed by atoms with Crippen LogP contribution in [-0.4, -0.2) is 51.1 Å². The zero-order chi connectivity index (χ0) is 18.9. The monoisotopic (exact) mass is 396 g/mol. The van der Waals surface area contributed by atoms with Crippen LogP contribution in [0.3, 0.4) is 0 Å². The largest absolute Gasteiger partial charge is 0.477 e. The molecule has 4 saturated carbocycles. The van der Waals surface area contributed by atoms with E-state index < -0.39 is 35.8 Å². The number of aliphatic carboxylic acids is 1. The summed E-state index contributed by atoms with van der Waals surface area (Å²) in [7, 11) is 0. The fourth-order valence-corrected chi connectivity index (χ4v) is 7.82. The van der Waals surface area contributed by atoms with E-state index in [0.717, 1.165) is 43.4 Å². The molecule has 1 saturated heterocycles. The van der Waals surface area contributed by atoms with Gasteiger partial charge < -0.3 is 24.8 Å². The summed E-state index contributed by atoms with van der Waals surface area (Å²) in [5.74, 6) is 1.70. The number of allylic oxidation sites excluding steroid dienone is 1. The summed E-state index contributed by atoms with van der Waals surface area (Å²) in [6.07, 6.45) is 4.57. The Morgan fingerprint density at radius 1 is 1.11 bits per heavy atom. The van der Waals surface area contributed by atoms with Crippen LogP contribution in [0.4, 0.5) is 0 Å². The Hall–Kier alpha value is -0.760. The molecule has 150 valence electrons. The zero-order valence-electron chi connectivity index (χ0n) is 15.5. The second-order valence-corrected chi connectivity index (χ2v) is 10.6. The van der Waals surface area contributed by atoms with Gasteiger partial charge in [-0.25, -0.2) is 4.79 Å². The maximum absolute atomic E-state index is 12.1. The van der Waals surface area contributed by atoms with E-state index in [4.69, 9.17) is 9.47 Å². The van der Waals surface area contributed by atoms with Gasteiger partial charge in [0, 0.05) is 5.41 Å². The number of fused-ring (bicyclic) bond motifs is 2. The van der Waals surface area contributed by atoms with Crippen molar-refractivity contribution >= 4 is 17.7 Å². The molecule has 0 aromatic heterocycles. The number of aliphatic hydroxyl groups is 2. The Kier molecular flexibility index (Phi) is 4.31. The van der Waals surface area contributed by atoms with Crippen LogP contribution >= 0.6 is 11.8 Å². The summed E-state index contributed by atoms with van der Waals surface area (Å²) in [6, 6.07) is 0. The Morgan fingerprint density at radius 2 is 1.78 bits per heavy atom. The number of hydrogen-bond acceptors (Lipinski definition) is 6. The fourth-order valence-electron chi connectivity index (χ4n) is 6.54. The Balaban J connectivity index is 1.54. The van der Waals surface area contributed by atoms with E-state index in [1.54, 1.807) is 6.92 Å². The highest BCUT2D eigenvalue weighted by atomic mass is 32.2. The fraction of sp³-hybridized carbons (Fsp3) is 0.850. The van der Waals surface area contributed by atoms with Gasteiger partial charge in [-0.15, -0.1) is 11.8 Å². The van der Waals surface area contributed by atoms with E-state index in [9.17, 15) is 20.1 Å². The van der Waals surface area contributed by atoms with Crippen LogP contribution in [0.1, 0.15) is 51.9 Å². The van der Waals surface area contributed by atoms with Crippen molar-refractivity contribution in [3.63, 3.8) is 0 Å². The smallest absolute Gasteiger partial charge is 0.345 e. The molecule has 6 aliphatic rings. The first kappa shape index (κ1) is 18.3. The molecular formula is C20H28O6S. The summed E-state index contributed by atoms with van der Waals surface area (Å²) >= 11 is 1.12. The van der Waals surface area contributed by atoms with Crippen molar-refractivity contribution in [3.8, 4) is 0 Å². The number of carboxylic acid groups (broad SMARTS) is 1. The topological polar surface area (TPSA) is 96.2 Å². The SMILES string of the molecule is CC1OC2OC(C34CCC5CC(CC(C5)C3)C4)=C(C(=O)O)SC2C(O)C1O. The average Bonchev–Trinajstić information content (AvgIpc) is 2.83. The molecule has 4 aliphatic carbocycles. The molecule has 6 rings (SSSR count). The number of ether oxygens (including phenoxy) is 2. The summed E-state index contributed by atoms with van der Waals surface area (Å²) in [5, 5.41) is 29.9.